The van der Waals surface area contributed by atoms with Gasteiger partial charge in [-0.2, -0.15) is 0 Å². The van der Waals surface area contributed by atoms with E-state index < -0.39 is 0 Å². The number of likely N-dealkylation sites (N-methyl/N-ethyl adjacent to an activating group) is 1. The van der Waals surface area contributed by atoms with E-state index in [0.717, 1.165) is 18.5 Å². The second-order valence-corrected chi connectivity index (χ2v) is 8.05. The minimum absolute atomic E-state index is 0.0652. The van der Waals surface area contributed by atoms with Crippen LogP contribution in [0.25, 0.3) is 0 Å². The third-order valence-electron chi connectivity index (χ3n) is 5.22. The van der Waals surface area contributed by atoms with E-state index in [4.69, 9.17) is 0 Å². The molecule has 7 nitrogen and oxygen atoms in total. The minimum atomic E-state index is -0.278. The van der Waals surface area contributed by atoms with Gasteiger partial charge in [0.2, 0.25) is 17.7 Å². The highest BCUT2D eigenvalue weighted by Gasteiger charge is 2.30. The molecule has 0 unspecified atom stereocenters. The smallest absolute Gasteiger partial charge is 0.241 e. The van der Waals surface area contributed by atoms with E-state index in [0.29, 0.717) is 11.4 Å². The molecule has 1 atom stereocenters. The van der Waals surface area contributed by atoms with Crippen LogP contribution in [0.3, 0.4) is 0 Å². The molecule has 2 N–H and O–H groups in total. The van der Waals surface area contributed by atoms with Crippen LogP contribution >= 0.6 is 0 Å². The van der Waals surface area contributed by atoms with E-state index in [1.54, 1.807) is 22.9 Å². The van der Waals surface area contributed by atoms with Gasteiger partial charge in [-0.25, -0.2) is 0 Å². The summed E-state index contributed by atoms with van der Waals surface area (Å²) in [6.07, 6.45) is 2.31. The lowest BCUT2D eigenvalue weighted by molar-refractivity contribution is -0.121. The van der Waals surface area contributed by atoms with Gasteiger partial charge >= 0.3 is 0 Å². The van der Waals surface area contributed by atoms with Crippen molar-refractivity contribution in [2.45, 2.75) is 39.2 Å². The highest BCUT2D eigenvalue weighted by Crippen LogP contribution is 2.31. The van der Waals surface area contributed by atoms with Crippen molar-refractivity contribution in [2.75, 3.05) is 35.7 Å². The highest BCUT2D eigenvalue weighted by molar-refractivity contribution is 6.05. The fourth-order valence-corrected chi connectivity index (χ4v) is 3.82. The van der Waals surface area contributed by atoms with Crippen LogP contribution in [-0.4, -0.2) is 48.8 Å². The number of nitrogens with zero attached hydrogens (tertiary/aromatic N) is 2. The summed E-state index contributed by atoms with van der Waals surface area (Å²) in [4.78, 5) is 40.9. The molecule has 0 saturated carbocycles. The van der Waals surface area contributed by atoms with E-state index in [1.165, 1.54) is 5.56 Å². The average molecular weight is 423 g/mol. The Morgan fingerprint density at radius 3 is 2.55 bits per heavy atom. The van der Waals surface area contributed by atoms with Gasteiger partial charge in [0.1, 0.15) is 0 Å². The highest BCUT2D eigenvalue weighted by atomic mass is 16.2. The van der Waals surface area contributed by atoms with Crippen molar-refractivity contribution in [2.24, 2.45) is 0 Å². The van der Waals surface area contributed by atoms with Gasteiger partial charge < -0.3 is 15.5 Å². The zero-order chi connectivity index (χ0) is 22.4. The molecule has 1 heterocycles. The Kier molecular flexibility index (Phi) is 7.41. The monoisotopic (exact) mass is 422 g/mol. The van der Waals surface area contributed by atoms with Crippen molar-refractivity contribution < 1.29 is 14.4 Å². The SMILES string of the molecule is CCCc1ccc(NC(=O)CN(C)CC(=O)N2c3ccccc3NC(=O)C[C@H]2C)cc1. The maximum absolute atomic E-state index is 13.1. The Balaban J connectivity index is 1.60. The minimum Gasteiger partial charge on any atom is -0.325 e. The lowest BCUT2D eigenvalue weighted by atomic mass is 10.1. The lowest BCUT2D eigenvalue weighted by Crippen LogP contribution is -2.45. The summed E-state index contributed by atoms with van der Waals surface area (Å²) >= 11 is 0. The van der Waals surface area contributed by atoms with Crippen molar-refractivity contribution in [3.8, 4) is 0 Å². The number of hydrogen-bond donors (Lipinski definition) is 2. The van der Waals surface area contributed by atoms with Gasteiger partial charge in [0.15, 0.2) is 0 Å². The Morgan fingerprint density at radius 1 is 1.13 bits per heavy atom. The van der Waals surface area contributed by atoms with Gasteiger partial charge in [-0.15, -0.1) is 0 Å². The fourth-order valence-electron chi connectivity index (χ4n) is 3.82. The summed E-state index contributed by atoms with van der Waals surface area (Å²) in [7, 11) is 1.74. The molecule has 0 aromatic heterocycles. The predicted molar refractivity (Wildman–Crippen MR) is 123 cm³/mol. The molecular weight excluding hydrogens is 392 g/mol. The largest absolute Gasteiger partial charge is 0.325 e. The number of amides is 3. The number of carbonyl (C=O) groups is 3. The van der Waals surface area contributed by atoms with Crippen LogP contribution < -0.4 is 15.5 Å². The third kappa shape index (κ3) is 5.92. The second kappa shape index (κ2) is 10.2. The second-order valence-electron chi connectivity index (χ2n) is 8.05. The fraction of sp³-hybridized carbons (Fsp3) is 0.375. The Hall–Kier alpha value is -3.19. The molecule has 1 aliphatic heterocycles. The molecule has 2 aromatic rings. The zero-order valence-electron chi connectivity index (χ0n) is 18.4. The van der Waals surface area contributed by atoms with Crippen molar-refractivity contribution in [3.05, 3.63) is 54.1 Å². The van der Waals surface area contributed by atoms with Crippen molar-refractivity contribution in [3.63, 3.8) is 0 Å². The number of carbonyl (C=O) groups excluding carboxylic acids is 3. The average Bonchev–Trinajstić information content (AvgIpc) is 2.83. The maximum atomic E-state index is 13.1. The van der Waals surface area contributed by atoms with Crippen LogP contribution in [0.1, 0.15) is 32.3 Å². The maximum Gasteiger partial charge on any atom is 0.241 e. The van der Waals surface area contributed by atoms with Gasteiger partial charge in [0.05, 0.1) is 24.5 Å². The van der Waals surface area contributed by atoms with E-state index in [1.807, 2.05) is 49.4 Å². The lowest BCUT2D eigenvalue weighted by Gasteiger charge is -2.29. The zero-order valence-corrected chi connectivity index (χ0v) is 18.4. The number of anilines is 3. The van der Waals surface area contributed by atoms with Crippen LogP contribution in [0.5, 0.6) is 0 Å². The molecule has 2 aromatic carbocycles. The summed E-state index contributed by atoms with van der Waals surface area (Å²) in [6, 6.07) is 14.8. The standard InChI is InChI=1S/C24H30N4O3/c1-4-7-18-10-12-19(13-11-18)25-23(30)15-27(3)16-24(31)28-17(2)14-22(29)26-20-8-5-6-9-21(20)28/h5-6,8-13,17H,4,7,14-16H2,1-3H3,(H,25,30)(H,26,29)/t17-/m1/s1. The summed E-state index contributed by atoms with van der Waals surface area (Å²) in [5.74, 6) is -0.455. The number of para-hydroxylation sites is 2. The van der Waals surface area contributed by atoms with E-state index in [-0.39, 0.29) is 43.3 Å². The number of nitrogens with one attached hydrogen (secondary N) is 2. The van der Waals surface area contributed by atoms with E-state index in [2.05, 4.69) is 17.6 Å². The third-order valence-corrected chi connectivity index (χ3v) is 5.22. The van der Waals surface area contributed by atoms with E-state index >= 15 is 0 Å². The molecule has 0 saturated heterocycles. The summed E-state index contributed by atoms with van der Waals surface area (Å²) < 4.78 is 0. The van der Waals surface area contributed by atoms with Gasteiger partial charge in [-0.3, -0.25) is 19.3 Å². The van der Waals surface area contributed by atoms with Crippen LogP contribution in [0.15, 0.2) is 48.5 Å². The van der Waals surface area contributed by atoms with Crippen molar-refractivity contribution in [1.29, 1.82) is 0 Å². The number of hydrogen-bond acceptors (Lipinski definition) is 4. The van der Waals surface area contributed by atoms with Gasteiger partial charge in [-0.1, -0.05) is 37.6 Å². The van der Waals surface area contributed by atoms with E-state index in [9.17, 15) is 14.4 Å². The first-order valence-corrected chi connectivity index (χ1v) is 10.7. The molecule has 31 heavy (non-hydrogen) atoms. The molecule has 3 rings (SSSR count). The van der Waals surface area contributed by atoms with Gasteiger partial charge in [-0.05, 0) is 50.2 Å². The molecule has 0 bridgehead atoms. The summed E-state index contributed by atoms with van der Waals surface area (Å²) in [6.45, 7) is 4.14. The van der Waals surface area contributed by atoms with Gasteiger partial charge in [0.25, 0.3) is 0 Å². The Labute approximate surface area is 183 Å². The number of aryl methyl sites for hydroxylation is 1. The first-order valence-electron chi connectivity index (χ1n) is 10.7. The van der Waals surface area contributed by atoms with Crippen molar-refractivity contribution in [1.82, 2.24) is 4.90 Å². The first kappa shape index (κ1) is 22.5. The molecule has 0 radical (unpaired) electrons. The Bertz CT molecular complexity index is 942. The van der Waals surface area contributed by atoms with Crippen LogP contribution in [-0.2, 0) is 20.8 Å². The number of fused-ring (bicyclic) bond motifs is 1. The molecule has 1 aliphatic rings. The van der Waals surface area contributed by atoms with Crippen LogP contribution in [0.2, 0.25) is 0 Å². The molecule has 0 fully saturated rings. The first-order chi connectivity index (χ1) is 14.9. The van der Waals surface area contributed by atoms with Gasteiger partial charge in [0, 0.05) is 18.2 Å². The topological polar surface area (TPSA) is 81.8 Å². The molecule has 0 spiro atoms. The number of benzene rings is 2. The van der Waals surface area contributed by atoms with Crippen molar-refractivity contribution >= 4 is 34.8 Å². The molecule has 7 heteroatoms. The normalized spacial score (nSPS) is 15.8. The quantitative estimate of drug-likeness (QED) is 0.718. The molecule has 0 aliphatic carbocycles. The number of rotatable bonds is 7. The summed E-state index contributed by atoms with van der Waals surface area (Å²) in [5.41, 5.74) is 3.28. The Morgan fingerprint density at radius 2 is 1.84 bits per heavy atom. The summed E-state index contributed by atoms with van der Waals surface area (Å²) in [5, 5.41) is 5.73. The molecular formula is C24H30N4O3. The van der Waals surface area contributed by atoms with Crippen LogP contribution in [0.4, 0.5) is 17.1 Å². The molecule has 164 valence electrons. The van der Waals surface area contributed by atoms with Crippen LogP contribution in [0, 0.1) is 0 Å². The molecule has 3 amide bonds. The predicted octanol–water partition coefficient (Wildman–Crippen LogP) is 3.27.